The van der Waals surface area contributed by atoms with E-state index in [9.17, 15) is 4.79 Å². The van der Waals surface area contributed by atoms with Crippen molar-refractivity contribution < 1.29 is 4.79 Å². The van der Waals surface area contributed by atoms with E-state index in [0.29, 0.717) is 5.56 Å². The lowest BCUT2D eigenvalue weighted by molar-refractivity contribution is 0.1000. The molecule has 0 radical (unpaired) electrons. The molecule has 1 rings (SSSR count). The van der Waals surface area contributed by atoms with Crippen molar-refractivity contribution in [2.45, 2.75) is 19.9 Å². The maximum atomic E-state index is 10.9. The fourth-order valence-electron chi connectivity index (χ4n) is 1.24. The SMILES string of the molecule is CCCNCc1cccc(C(N)=O)c1. The number of hydrogen-bond donors (Lipinski definition) is 2. The average Bonchev–Trinajstić information content (AvgIpc) is 2.19. The highest BCUT2D eigenvalue weighted by molar-refractivity contribution is 5.92. The van der Waals surface area contributed by atoms with Crippen molar-refractivity contribution in [3.05, 3.63) is 35.4 Å². The molecule has 14 heavy (non-hydrogen) atoms. The highest BCUT2D eigenvalue weighted by atomic mass is 16.1. The van der Waals surface area contributed by atoms with Crippen LogP contribution in [-0.4, -0.2) is 12.5 Å². The van der Waals surface area contributed by atoms with Crippen LogP contribution in [0.4, 0.5) is 0 Å². The molecule has 0 spiro atoms. The minimum atomic E-state index is -0.373. The third-order valence-electron chi connectivity index (χ3n) is 1.97. The van der Waals surface area contributed by atoms with Crippen LogP contribution in [0.15, 0.2) is 24.3 Å². The van der Waals surface area contributed by atoms with E-state index in [1.807, 2.05) is 18.2 Å². The number of carbonyl (C=O) groups is 1. The van der Waals surface area contributed by atoms with Gasteiger partial charge in [-0.15, -0.1) is 0 Å². The quantitative estimate of drug-likeness (QED) is 0.690. The van der Waals surface area contributed by atoms with Crippen LogP contribution < -0.4 is 11.1 Å². The lowest BCUT2D eigenvalue weighted by Gasteiger charge is -2.04. The normalized spacial score (nSPS) is 10.1. The Kier molecular flexibility index (Phi) is 4.13. The van der Waals surface area contributed by atoms with Crippen LogP contribution >= 0.6 is 0 Å². The molecule has 1 aromatic carbocycles. The molecule has 1 aromatic rings. The van der Waals surface area contributed by atoms with Crippen molar-refractivity contribution in [2.75, 3.05) is 6.54 Å². The number of amides is 1. The van der Waals surface area contributed by atoms with Gasteiger partial charge in [0.15, 0.2) is 0 Å². The number of rotatable bonds is 5. The van der Waals surface area contributed by atoms with Crippen molar-refractivity contribution in [2.24, 2.45) is 5.73 Å². The van der Waals surface area contributed by atoms with E-state index < -0.39 is 0 Å². The summed E-state index contributed by atoms with van der Waals surface area (Å²) >= 11 is 0. The van der Waals surface area contributed by atoms with Gasteiger partial charge >= 0.3 is 0 Å². The smallest absolute Gasteiger partial charge is 0.248 e. The summed E-state index contributed by atoms with van der Waals surface area (Å²) in [6.45, 7) is 3.89. The Labute approximate surface area is 84.3 Å². The first-order valence-corrected chi connectivity index (χ1v) is 4.83. The maximum absolute atomic E-state index is 10.9. The predicted octanol–water partition coefficient (Wildman–Crippen LogP) is 1.29. The molecule has 0 aliphatic carbocycles. The van der Waals surface area contributed by atoms with E-state index in [1.165, 1.54) is 0 Å². The zero-order valence-electron chi connectivity index (χ0n) is 8.42. The molecule has 0 atom stereocenters. The van der Waals surface area contributed by atoms with E-state index in [0.717, 1.165) is 25.1 Å². The molecule has 0 saturated carbocycles. The van der Waals surface area contributed by atoms with Crippen molar-refractivity contribution in [3.63, 3.8) is 0 Å². The first-order valence-electron chi connectivity index (χ1n) is 4.83. The van der Waals surface area contributed by atoms with Gasteiger partial charge in [0, 0.05) is 12.1 Å². The van der Waals surface area contributed by atoms with E-state index >= 15 is 0 Å². The van der Waals surface area contributed by atoms with E-state index in [4.69, 9.17) is 5.73 Å². The molecule has 3 nitrogen and oxygen atoms in total. The topological polar surface area (TPSA) is 55.1 Å². The van der Waals surface area contributed by atoms with Crippen molar-refractivity contribution >= 4 is 5.91 Å². The molecule has 0 bridgehead atoms. The third-order valence-corrected chi connectivity index (χ3v) is 1.97. The molecule has 0 unspecified atom stereocenters. The summed E-state index contributed by atoms with van der Waals surface area (Å²) in [6.07, 6.45) is 1.11. The van der Waals surface area contributed by atoms with Gasteiger partial charge in [-0.25, -0.2) is 0 Å². The van der Waals surface area contributed by atoms with Gasteiger partial charge in [-0.05, 0) is 30.7 Å². The Morgan fingerprint density at radius 2 is 2.29 bits per heavy atom. The van der Waals surface area contributed by atoms with Gasteiger partial charge in [0.05, 0.1) is 0 Å². The third kappa shape index (κ3) is 3.18. The van der Waals surface area contributed by atoms with Crippen LogP contribution in [0.3, 0.4) is 0 Å². The van der Waals surface area contributed by atoms with Crippen LogP contribution in [0.5, 0.6) is 0 Å². The molecule has 3 N–H and O–H groups in total. The van der Waals surface area contributed by atoms with Crippen molar-refractivity contribution in [1.29, 1.82) is 0 Å². The van der Waals surface area contributed by atoms with Gasteiger partial charge in [0.25, 0.3) is 0 Å². The Hall–Kier alpha value is -1.35. The standard InChI is InChI=1S/C11H16N2O/c1-2-6-13-8-9-4-3-5-10(7-9)11(12)14/h3-5,7,13H,2,6,8H2,1H3,(H2,12,14). The summed E-state index contributed by atoms with van der Waals surface area (Å²) < 4.78 is 0. The zero-order chi connectivity index (χ0) is 10.4. The molecule has 0 aromatic heterocycles. The van der Waals surface area contributed by atoms with E-state index in [-0.39, 0.29) is 5.91 Å². The summed E-state index contributed by atoms with van der Waals surface area (Å²) in [5, 5.41) is 3.27. The predicted molar refractivity (Wildman–Crippen MR) is 57.0 cm³/mol. The Morgan fingerprint density at radius 1 is 1.50 bits per heavy atom. The lowest BCUT2D eigenvalue weighted by atomic mass is 10.1. The van der Waals surface area contributed by atoms with Crippen LogP contribution in [0, 0.1) is 0 Å². The summed E-state index contributed by atoms with van der Waals surface area (Å²) in [6, 6.07) is 7.38. The van der Waals surface area contributed by atoms with Crippen LogP contribution in [-0.2, 0) is 6.54 Å². The highest BCUT2D eigenvalue weighted by Crippen LogP contribution is 2.04. The van der Waals surface area contributed by atoms with Gasteiger partial charge in [-0.3, -0.25) is 4.79 Å². The fraction of sp³-hybridized carbons (Fsp3) is 0.364. The number of benzene rings is 1. The Morgan fingerprint density at radius 3 is 2.93 bits per heavy atom. The highest BCUT2D eigenvalue weighted by Gasteiger charge is 2.00. The first kappa shape index (κ1) is 10.7. The fourth-order valence-corrected chi connectivity index (χ4v) is 1.24. The maximum Gasteiger partial charge on any atom is 0.248 e. The molecule has 0 saturated heterocycles. The first-order chi connectivity index (χ1) is 6.74. The minimum Gasteiger partial charge on any atom is -0.366 e. The van der Waals surface area contributed by atoms with Crippen molar-refractivity contribution in [3.8, 4) is 0 Å². The Bertz CT molecular complexity index is 310. The van der Waals surface area contributed by atoms with Gasteiger partial charge in [0.1, 0.15) is 0 Å². The van der Waals surface area contributed by atoms with Gasteiger partial charge < -0.3 is 11.1 Å². The largest absolute Gasteiger partial charge is 0.366 e. The van der Waals surface area contributed by atoms with Crippen LogP contribution in [0.2, 0.25) is 0 Å². The average molecular weight is 192 g/mol. The number of nitrogens with one attached hydrogen (secondary N) is 1. The summed E-state index contributed by atoms with van der Waals surface area (Å²) in [5.41, 5.74) is 6.84. The van der Waals surface area contributed by atoms with Crippen molar-refractivity contribution in [1.82, 2.24) is 5.32 Å². The summed E-state index contributed by atoms with van der Waals surface area (Å²) in [7, 11) is 0. The molecule has 0 fully saturated rings. The second-order valence-electron chi connectivity index (χ2n) is 3.24. The monoisotopic (exact) mass is 192 g/mol. The van der Waals surface area contributed by atoms with Gasteiger partial charge in [0.2, 0.25) is 5.91 Å². The molecule has 3 heteroatoms. The van der Waals surface area contributed by atoms with Crippen LogP contribution in [0.25, 0.3) is 0 Å². The molecule has 0 aliphatic rings. The summed E-state index contributed by atoms with van der Waals surface area (Å²) in [5.74, 6) is -0.373. The van der Waals surface area contributed by atoms with E-state index in [1.54, 1.807) is 6.07 Å². The number of primary amides is 1. The van der Waals surface area contributed by atoms with Crippen LogP contribution in [0.1, 0.15) is 29.3 Å². The molecule has 0 heterocycles. The second kappa shape index (κ2) is 5.40. The molecular weight excluding hydrogens is 176 g/mol. The van der Waals surface area contributed by atoms with Gasteiger partial charge in [-0.2, -0.15) is 0 Å². The Balaban J connectivity index is 2.59. The summed E-state index contributed by atoms with van der Waals surface area (Å²) in [4.78, 5) is 10.9. The van der Waals surface area contributed by atoms with E-state index in [2.05, 4.69) is 12.2 Å². The molecular formula is C11H16N2O. The second-order valence-corrected chi connectivity index (χ2v) is 3.24. The zero-order valence-corrected chi connectivity index (χ0v) is 8.42. The molecule has 0 aliphatic heterocycles. The number of hydrogen-bond acceptors (Lipinski definition) is 2. The number of carbonyl (C=O) groups excluding carboxylic acids is 1. The van der Waals surface area contributed by atoms with Gasteiger partial charge in [-0.1, -0.05) is 19.1 Å². The number of nitrogens with two attached hydrogens (primary N) is 1. The lowest BCUT2D eigenvalue weighted by Crippen LogP contribution is -2.15. The molecule has 1 amide bonds. The molecule has 76 valence electrons. The minimum absolute atomic E-state index is 0.373.